The van der Waals surface area contributed by atoms with E-state index in [1.54, 1.807) is 0 Å². The number of nitrogens with one attached hydrogen (secondary N) is 1. The third kappa shape index (κ3) is 6.09. The van der Waals surface area contributed by atoms with Crippen LogP contribution in [0, 0.1) is 0 Å². The summed E-state index contributed by atoms with van der Waals surface area (Å²) in [6, 6.07) is 7.45. The minimum Gasteiger partial charge on any atom is -0.393 e. The molecule has 6 heteroatoms. The first-order valence-corrected chi connectivity index (χ1v) is 6.70. The van der Waals surface area contributed by atoms with Gasteiger partial charge in [-0.25, -0.2) is 0 Å². The fourth-order valence-electron chi connectivity index (χ4n) is 1.36. The van der Waals surface area contributed by atoms with Gasteiger partial charge in [0.15, 0.2) is 0 Å². The van der Waals surface area contributed by atoms with Gasteiger partial charge < -0.3 is 11.1 Å². The van der Waals surface area contributed by atoms with Crippen molar-refractivity contribution < 1.29 is 4.79 Å². The van der Waals surface area contributed by atoms with Crippen molar-refractivity contribution in [2.75, 3.05) is 25.5 Å². The van der Waals surface area contributed by atoms with E-state index in [1.807, 2.05) is 36.2 Å². The Hall–Kier alpha value is -0.980. The van der Waals surface area contributed by atoms with Crippen molar-refractivity contribution in [3.63, 3.8) is 0 Å². The van der Waals surface area contributed by atoms with Gasteiger partial charge in [-0.1, -0.05) is 28.1 Å². The van der Waals surface area contributed by atoms with Crippen LogP contribution in [0.25, 0.3) is 0 Å². The first kappa shape index (κ1) is 15.1. The van der Waals surface area contributed by atoms with Gasteiger partial charge in [0.05, 0.1) is 11.5 Å². The topological polar surface area (TPSA) is 58.4 Å². The maximum Gasteiger partial charge on any atom is 0.238 e. The summed E-state index contributed by atoms with van der Waals surface area (Å²) in [5.74, 6) is -0.0530. The summed E-state index contributed by atoms with van der Waals surface area (Å²) in [5.41, 5.74) is 6.19. The maximum absolute atomic E-state index is 11.7. The highest BCUT2D eigenvalue weighted by Gasteiger charge is 2.07. The lowest BCUT2D eigenvalue weighted by Crippen LogP contribution is -2.32. The monoisotopic (exact) mass is 329 g/mol. The third-order valence-electron chi connectivity index (χ3n) is 2.28. The Balaban J connectivity index is 2.37. The highest BCUT2D eigenvalue weighted by molar-refractivity contribution is 9.10. The van der Waals surface area contributed by atoms with Crippen LogP contribution < -0.4 is 11.1 Å². The number of hydrogen-bond acceptors (Lipinski definition) is 3. The van der Waals surface area contributed by atoms with Crippen molar-refractivity contribution in [2.45, 2.75) is 6.42 Å². The molecule has 4 nitrogen and oxygen atoms in total. The Morgan fingerprint density at radius 1 is 1.44 bits per heavy atom. The van der Waals surface area contributed by atoms with Crippen molar-refractivity contribution in [2.24, 2.45) is 5.73 Å². The zero-order valence-electron chi connectivity index (χ0n) is 10.1. The number of carbonyl (C=O) groups excluding carboxylic acids is 1. The molecule has 0 fully saturated rings. The van der Waals surface area contributed by atoms with Crippen LogP contribution in [0.1, 0.15) is 6.42 Å². The molecule has 1 rings (SSSR count). The molecule has 98 valence electrons. The van der Waals surface area contributed by atoms with Crippen LogP contribution in [0.5, 0.6) is 0 Å². The molecule has 0 unspecified atom stereocenters. The molecule has 1 aromatic carbocycles. The fraction of sp³-hybridized carbons (Fsp3) is 0.333. The summed E-state index contributed by atoms with van der Waals surface area (Å²) in [6.45, 7) is 1.00. The number of carbonyl (C=O) groups is 1. The van der Waals surface area contributed by atoms with Crippen molar-refractivity contribution in [3.8, 4) is 0 Å². The predicted octanol–water partition coefficient (Wildman–Crippen LogP) is 2.00. The van der Waals surface area contributed by atoms with Gasteiger partial charge in [0.25, 0.3) is 0 Å². The van der Waals surface area contributed by atoms with E-state index in [-0.39, 0.29) is 5.91 Å². The molecule has 1 amide bonds. The van der Waals surface area contributed by atoms with Crippen LogP contribution in [0.2, 0.25) is 0 Å². The molecule has 0 aliphatic carbocycles. The van der Waals surface area contributed by atoms with Gasteiger partial charge in [-0.3, -0.25) is 9.69 Å². The molecule has 0 radical (unpaired) electrons. The van der Waals surface area contributed by atoms with Crippen molar-refractivity contribution in [3.05, 3.63) is 28.7 Å². The SMILES string of the molecule is CN(CCC(N)=S)CC(=O)Nc1ccc(Br)cc1. The fourth-order valence-corrected chi connectivity index (χ4v) is 1.71. The second-order valence-corrected chi connectivity index (χ2v) is 5.45. The molecule has 1 aromatic rings. The van der Waals surface area contributed by atoms with Gasteiger partial charge in [-0.15, -0.1) is 0 Å². The van der Waals surface area contributed by atoms with E-state index >= 15 is 0 Å². The van der Waals surface area contributed by atoms with Crippen LogP contribution >= 0.6 is 28.1 Å². The van der Waals surface area contributed by atoms with E-state index in [4.69, 9.17) is 18.0 Å². The number of anilines is 1. The van der Waals surface area contributed by atoms with Gasteiger partial charge in [0.1, 0.15) is 0 Å². The molecule has 0 aliphatic rings. The molecule has 0 saturated heterocycles. The van der Waals surface area contributed by atoms with Crippen molar-refractivity contribution >= 4 is 44.7 Å². The predicted molar refractivity (Wildman–Crippen MR) is 81.7 cm³/mol. The number of likely N-dealkylation sites (N-methyl/N-ethyl adjacent to an activating group) is 1. The van der Waals surface area contributed by atoms with Crippen LogP contribution in [0.15, 0.2) is 28.7 Å². The quantitative estimate of drug-likeness (QED) is 0.784. The summed E-state index contributed by atoms with van der Waals surface area (Å²) in [4.78, 5) is 14.1. The average Bonchev–Trinajstić information content (AvgIpc) is 2.29. The Morgan fingerprint density at radius 2 is 2.06 bits per heavy atom. The molecular formula is C12H16BrN3OS. The van der Waals surface area contributed by atoms with Crippen molar-refractivity contribution in [1.29, 1.82) is 0 Å². The summed E-state index contributed by atoms with van der Waals surface area (Å²) in [5, 5.41) is 2.82. The highest BCUT2D eigenvalue weighted by Crippen LogP contribution is 2.13. The molecule has 0 bridgehead atoms. The minimum absolute atomic E-state index is 0.0530. The Bertz CT molecular complexity index is 422. The first-order valence-electron chi connectivity index (χ1n) is 5.49. The summed E-state index contributed by atoms with van der Waals surface area (Å²) in [6.07, 6.45) is 0.622. The van der Waals surface area contributed by atoms with Crippen LogP contribution in [-0.2, 0) is 4.79 Å². The van der Waals surface area contributed by atoms with E-state index in [2.05, 4.69) is 21.2 Å². The largest absolute Gasteiger partial charge is 0.393 e. The second-order valence-electron chi connectivity index (χ2n) is 4.01. The summed E-state index contributed by atoms with van der Waals surface area (Å²) < 4.78 is 0.981. The smallest absolute Gasteiger partial charge is 0.238 e. The normalized spacial score (nSPS) is 10.4. The summed E-state index contributed by atoms with van der Waals surface area (Å²) in [7, 11) is 1.86. The first-order chi connectivity index (χ1) is 8.47. The number of nitrogens with zero attached hydrogens (tertiary/aromatic N) is 1. The number of nitrogens with two attached hydrogens (primary N) is 1. The number of halogens is 1. The number of thiocarbonyl (C=S) groups is 1. The number of amides is 1. The van der Waals surface area contributed by atoms with Gasteiger partial charge in [0, 0.05) is 23.1 Å². The van der Waals surface area contributed by atoms with Crippen LogP contribution in [0.3, 0.4) is 0 Å². The lowest BCUT2D eigenvalue weighted by Gasteiger charge is -2.15. The lowest BCUT2D eigenvalue weighted by atomic mass is 10.3. The standard InChI is InChI=1S/C12H16BrN3OS/c1-16(7-6-11(14)18)8-12(17)15-10-4-2-9(13)3-5-10/h2-5H,6-8H2,1H3,(H2,14,18)(H,15,17). The molecule has 0 heterocycles. The number of rotatable bonds is 6. The molecule has 0 saturated carbocycles. The molecule has 0 aromatic heterocycles. The maximum atomic E-state index is 11.7. The third-order valence-corrected chi connectivity index (χ3v) is 3.01. The Morgan fingerprint density at radius 3 is 2.61 bits per heavy atom. The Kier molecular flexibility index (Phi) is 6.24. The summed E-state index contributed by atoms with van der Waals surface area (Å²) >= 11 is 8.13. The van der Waals surface area contributed by atoms with Gasteiger partial charge in [-0.2, -0.15) is 0 Å². The highest BCUT2D eigenvalue weighted by atomic mass is 79.9. The molecule has 18 heavy (non-hydrogen) atoms. The average molecular weight is 330 g/mol. The lowest BCUT2D eigenvalue weighted by molar-refractivity contribution is -0.117. The molecular weight excluding hydrogens is 314 g/mol. The van der Waals surface area contributed by atoms with E-state index in [1.165, 1.54) is 0 Å². The van der Waals surface area contributed by atoms with Gasteiger partial charge in [0.2, 0.25) is 5.91 Å². The molecule has 0 aliphatic heterocycles. The minimum atomic E-state index is -0.0530. The van der Waals surface area contributed by atoms with Crippen molar-refractivity contribution in [1.82, 2.24) is 4.90 Å². The van der Waals surface area contributed by atoms with Gasteiger partial charge in [-0.05, 0) is 31.3 Å². The van der Waals surface area contributed by atoms with Crippen LogP contribution in [-0.4, -0.2) is 35.9 Å². The zero-order chi connectivity index (χ0) is 13.5. The number of hydrogen-bond donors (Lipinski definition) is 2. The van der Waals surface area contributed by atoms with Gasteiger partial charge >= 0.3 is 0 Å². The second kappa shape index (κ2) is 7.45. The van der Waals surface area contributed by atoms with Crippen LogP contribution in [0.4, 0.5) is 5.69 Å². The van der Waals surface area contributed by atoms with E-state index in [0.717, 1.165) is 10.2 Å². The zero-order valence-corrected chi connectivity index (χ0v) is 12.6. The van der Waals surface area contributed by atoms with E-state index < -0.39 is 0 Å². The number of benzene rings is 1. The molecule has 3 N–H and O–H groups in total. The molecule has 0 atom stereocenters. The molecule has 0 spiro atoms. The Labute approximate surface area is 121 Å². The van der Waals surface area contributed by atoms with E-state index in [9.17, 15) is 4.79 Å². The van der Waals surface area contributed by atoms with E-state index in [0.29, 0.717) is 24.5 Å².